The molecule has 1 unspecified atom stereocenters. The molecule has 0 fully saturated rings. The molecule has 5 heteroatoms. The lowest BCUT2D eigenvalue weighted by Crippen LogP contribution is -2.27. The van der Waals surface area contributed by atoms with Gasteiger partial charge in [-0.2, -0.15) is 4.98 Å². The van der Waals surface area contributed by atoms with Crippen LogP contribution in [0.3, 0.4) is 0 Å². The molecule has 3 aromatic rings. The van der Waals surface area contributed by atoms with E-state index >= 15 is 0 Å². The summed E-state index contributed by atoms with van der Waals surface area (Å²) in [6.07, 6.45) is 5.20. The van der Waals surface area contributed by atoms with E-state index in [-0.39, 0.29) is 5.56 Å². The Morgan fingerprint density at radius 2 is 1.75 bits per heavy atom. The third-order valence-electron chi connectivity index (χ3n) is 5.61. The quantitative estimate of drug-likeness (QED) is 0.665. The summed E-state index contributed by atoms with van der Waals surface area (Å²) in [5, 5.41) is 4.16. The number of hydrogen-bond acceptors (Lipinski definition) is 3. The van der Waals surface area contributed by atoms with E-state index in [0.717, 1.165) is 36.0 Å². The highest BCUT2D eigenvalue weighted by atomic mass is 16.1. The standard InChI is InChI=1S/C23H32N4O/c1-8-10-17(9-2)24-23-25-21-20(22(28)27(23)7)18(13-26(21)6)19-15(4)11-14(3)12-16(19)5/h11-13,17H,8-10H2,1-7H3,(H,24,25). The first-order valence-corrected chi connectivity index (χ1v) is 10.2. The van der Waals surface area contributed by atoms with Crippen LogP contribution < -0.4 is 10.9 Å². The number of anilines is 1. The van der Waals surface area contributed by atoms with Gasteiger partial charge in [-0.15, -0.1) is 0 Å². The van der Waals surface area contributed by atoms with Crippen LogP contribution in [0, 0.1) is 20.8 Å². The third-order valence-corrected chi connectivity index (χ3v) is 5.61. The fraction of sp³-hybridized carbons (Fsp3) is 0.478. The van der Waals surface area contributed by atoms with Crippen molar-refractivity contribution in [2.45, 2.75) is 59.9 Å². The van der Waals surface area contributed by atoms with Gasteiger partial charge in [0.15, 0.2) is 0 Å². The summed E-state index contributed by atoms with van der Waals surface area (Å²) in [4.78, 5) is 18.2. The van der Waals surface area contributed by atoms with Crippen LogP contribution in [0.25, 0.3) is 22.2 Å². The van der Waals surface area contributed by atoms with E-state index in [4.69, 9.17) is 4.98 Å². The molecular weight excluding hydrogens is 348 g/mol. The molecule has 0 aliphatic carbocycles. The van der Waals surface area contributed by atoms with Crippen molar-refractivity contribution in [3.05, 3.63) is 45.4 Å². The van der Waals surface area contributed by atoms with E-state index in [0.29, 0.717) is 17.4 Å². The fourth-order valence-corrected chi connectivity index (χ4v) is 4.23. The largest absolute Gasteiger partial charge is 0.353 e. The maximum Gasteiger partial charge on any atom is 0.264 e. The highest BCUT2D eigenvalue weighted by Gasteiger charge is 2.20. The van der Waals surface area contributed by atoms with Gasteiger partial charge in [0.25, 0.3) is 5.56 Å². The summed E-state index contributed by atoms with van der Waals surface area (Å²) < 4.78 is 3.62. The molecular formula is C23H32N4O. The van der Waals surface area contributed by atoms with Crippen LogP contribution in [-0.4, -0.2) is 20.2 Å². The van der Waals surface area contributed by atoms with Gasteiger partial charge in [0, 0.05) is 31.9 Å². The second-order valence-corrected chi connectivity index (χ2v) is 7.96. The van der Waals surface area contributed by atoms with Crippen molar-refractivity contribution in [1.82, 2.24) is 14.1 Å². The Balaban J connectivity index is 2.23. The zero-order valence-corrected chi connectivity index (χ0v) is 18.2. The predicted molar refractivity (Wildman–Crippen MR) is 118 cm³/mol. The van der Waals surface area contributed by atoms with Crippen molar-refractivity contribution in [1.29, 1.82) is 0 Å². The first-order valence-electron chi connectivity index (χ1n) is 10.2. The van der Waals surface area contributed by atoms with Crippen molar-refractivity contribution in [3.8, 4) is 11.1 Å². The van der Waals surface area contributed by atoms with Crippen LogP contribution in [0.4, 0.5) is 5.95 Å². The molecule has 2 heterocycles. The zero-order chi connectivity index (χ0) is 20.6. The Kier molecular flexibility index (Phi) is 5.64. The Morgan fingerprint density at radius 3 is 2.32 bits per heavy atom. The molecule has 0 radical (unpaired) electrons. The Hall–Kier alpha value is -2.56. The van der Waals surface area contributed by atoms with Crippen LogP contribution in [0.15, 0.2) is 23.1 Å². The second-order valence-electron chi connectivity index (χ2n) is 7.96. The topological polar surface area (TPSA) is 51.9 Å². The maximum atomic E-state index is 13.3. The second kappa shape index (κ2) is 7.82. The average molecular weight is 381 g/mol. The van der Waals surface area contributed by atoms with Gasteiger partial charge in [0.2, 0.25) is 5.95 Å². The summed E-state index contributed by atoms with van der Waals surface area (Å²) in [5.41, 5.74) is 6.42. The first-order chi connectivity index (χ1) is 13.3. The van der Waals surface area contributed by atoms with Gasteiger partial charge in [-0.05, 0) is 50.3 Å². The lowest BCUT2D eigenvalue weighted by Gasteiger charge is -2.19. The smallest absolute Gasteiger partial charge is 0.264 e. The third kappa shape index (κ3) is 3.46. The highest BCUT2D eigenvalue weighted by Crippen LogP contribution is 2.33. The van der Waals surface area contributed by atoms with Gasteiger partial charge in [-0.25, -0.2) is 0 Å². The summed E-state index contributed by atoms with van der Waals surface area (Å²) in [6.45, 7) is 10.7. The van der Waals surface area contributed by atoms with Crippen molar-refractivity contribution in [2.24, 2.45) is 14.1 Å². The number of aromatic nitrogens is 3. The van der Waals surface area contributed by atoms with Crippen LogP contribution in [0.2, 0.25) is 0 Å². The van der Waals surface area contributed by atoms with Gasteiger partial charge in [-0.1, -0.05) is 38.0 Å². The van der Waals surface area contributed by atoms with Gasteiger partial charge in [-0.3, -0.25) is 9.36 Å². The highest BCUT2D eigenvalue weighted by molar-refractivity contribution is 5.95. The summed E-state index contributed by atoms with van der Waals surface area (Å²) in [6, 6.07) is 4.67. The van der Waals surface area contributed by atoms with E-state index in [2.05, 4.69) is 52.1 Å². The molecule has 0 aliphatic rings. The number of nitrogens with zero attached hydrogens (tertiary/aromatic N) is 3. The van der Waals surface area contributed by atoms with Crippen LogP contribution >= 0.6 is 0 Å². The lowest BCUT2D eigenvalue weighted by molar-refractivity contribution is 0.611. The Labute approximate surface area is 167 Å². The molecule has 2 aromatic heterocycles. The number of fused-ring (bicyclic) bond motifs is 1. The minimum absolute atomic E-state index is 0.00572. The van der Waals surface area contributed by atoms with Crippen LogP contribution in [0.1, 0.15) is 49.8 Å². The van der Waals surface area contributed by atoms with Crippen LogP contribution in [-0.2, 0) is 14.1 Å². The molecule has 0 saturated heterocycles. The average Bonchev–Trinajstić information content (AvgIpc) is 2.94. The number of benzene rings is 1. The Bertz CT molecular complexity index is 1050. The SMILES string of the molecule is CCCC(CC)Nc1nc2c(c(-c3c(C)cc(C)cc3C)cn2C)c(=O)n1C. The maximum absolute atomic E-state index is 13.3. The van der Waals surface area contributed by atoms with E-state index < -0.39 is 0 Å². The van der Waals surface area contributed by atoms with E-state index in [9.17, 15) is 4.79 Å². The number of aryl methyl sites for hydroxylation is 4. The minimum Gasteiger partial charge on any atom is -0.353 e. The summed E-state index contributed by atoms with van der Waals surface area (Å²) in [5.74, 6) is 0.642. The predicted octanol–water partition coefficient (Wildman–Crippen LogP) is 4.85. The van der Waals surface area contributed by atoms with Crippen molar-refractivity contribution in [2.75, 3.05) is 5.32 Å². The molecule has 5 nitrogen and oxygen atoms in total. The van der Waals surface area contributed by atoms with E-state index in [1.165, 1.54) is 16.7 Å². The normalized spacial score (nSPS) is 12.5. The monoisotopic (exact) mass is 380 g/mol. The zero-order valence-electron chi connectivity index (χ0n) is 18.2. The van der Waals surface area contributed by atoms with Crippen LogP contribution in [0.5, 0.6) is 0 Å². The van der Waals surface area contributed by atoms with E-state index in [1.807, 2.05) is 17.8 Å². The lowest BCUT2D eigenvalue weighted by atomic mass is 9.94. The molecule has 0 spiro atoms. The van der Waals surface area contributed by atoms with Gasteiger partial charge < -0.3 is 9.88 Å². The molecule has 150 valence electrons. The molecule has 1 aromatic carbocycles. The van der Waals surface area contributed by atoms with Gasteiger partial charge in [0.1, 0.15) is 5.65 Å². The molecule has 0 amide bonds. The molecule has 0 saturated carbocycles. The fourth-order valence-electron chi connectivity index (χ4n) is 4.23. The molecule has 0 aliphatic heterocycles. The van der Waals surface area contributed by atoms with Crippen molar-refractivity contribution >= 4 is 17.0 Å². The van der Waals surface area contributed by atoms with E-state index in [1.54, 1.807) is 11.6 Å². The minimum atomic E-state index is -0.00572. The van der Waals surface area contributed by atoms with Gasteiger partial charge in [0.05, 0.1) is 5.39 Å². The number of rotatable bonds is 6. The first kappa shape index (κ1) is 20.2. The number of hydrogen-bond donors (Lipinski definition) is 1. The molecule has 1 atom stereocenters. The molecule has 3 rings (SSSR count). The number of nitrogens with one attached hydrogen (secondary N) is 1. The van der Waals surface area contributed by atoms with Gasteiger partial charge >= 0.3 is 0 Å². The summed E-state index contributed by atoms with van der Waals surface area (Å²) >= 11 is 0. The Morgan fingerprint density at radius 1 is 1.11 bits per heavy atom. The van der Waals surface area contributed by atoms with Crippen molar-refractivity contribution < 1.29 is 0 Å². The summed E-state index contributed by atoms with van der Waals surface area (Å²) in [7, 11) is 3.77. The van der Waals surface area contributed by atoms with Crippen molar-refractivity contribution in [3.63, 3.8) is 0 Å². The molecule has 1 N–H and O–H groups in total. The molecule has 28 heavy (non-hydrogen) atoms. The molecule has 0 bridgehead atoms.